The van der Waals surface area contributed by atoms with E-state index in [0.717, 1.165) is 31.3 Å². The number of aromatic nitrogens is 2. The fourth-order valence-corrected chi connectivity index (χ4v) is 3.54. The summed E-state index contributed by atoms with van der Waals surface area (Å²) in [6.07, 6.45) is 7.16. The molecule has 3 nitrogen and oxygen atoms in total. The summed E-state index contributed by atoms with van der Waals surface area (Å²) in [5, 5.41) is 8.27. The first kappa shape index (κ1) is 16.5. The van der Waals surface area contributed by atoms with Gasteiger partial charge in [-0.15, -0.1) is 0 Å². The summed E-state index contributed by atoms with van der Waals surface area (Å²) in [4.78, 5) is 0. The van der Waals surface area contributed by atoms with Crippen molar-refractivity contribution in [3.63, 3.8) is 0 Å². The third kappa shape index (κ3) is 4.57. The van der Waals surface area contributed by atoms with Crippen LogP contribution in [0.2, 0.25) is 0 Å². The minimum absolute atomic E-state index is 0.206. The Morgan fingerprint density at radius 1 is 1.33 bits per heavy atom. The Bertz CT molecular complexity index is 430. The fraction of sp³-hybridized carbons (Fsp3) is 0.833. The molecule has 1 aliphatic carbocycles. The largest absolute Gasteiger partial charge is 0.312 e. The molecule has 3 atom stereocenters. The average Bonchev–Trinajstić information content (AvgIpc) is 2.85. The van der Waals surface area contributed by atoms with Crippen LogP contribution in [0, 0.1) is 11.8 Å². The lowest BCUT2D eigenvalue weighted by Crippen LogP contribution is -2.41. The molecule has 0 aromatic carbocycles. The van der Waals surface area contributed by atoms with Crippen LogP contribution in [0.1, 0.15) is 71.9 Å². The summed E-state index contributed by atoms with van der Waals surface area (Å²) in [5.41, 5.74) is 1.67. The van der Waals surface area contributed by atoms with Gasteiger partial charge in [0.2, 0.25) is 0 Å². The maximum Gasteiger partial charge on any atom is 0.0492 e. The van der Waals surface area contributed by atoms with Crippen LogP contribution >= 0.6 is 0 Å². The van der Waals surface area contributed by atoms with E-state index in [0.29, 0.717) is 5.92 Å². The van der Waals surface area contributed by atoms with Gasteiger partial charge in [-0.05, 0) is 64.5 Å². The van der Waals surface area contributed by atoms with Gasteiger partial charge in [0.15, 0.2) is 0 Å². The molecule has 21 heavy (non-hydrogen) atoms. The number of aryl methyl sites for hydroxylation is 1. The maximum absolute atomic E-state index is 4.55. The van der Waals surface area contributed by atoms with E-state index < -0.39 is 0 Å². The zero-order valence-corrected chi connectivity index (χ0v) is 14.5. The Labute approximate surface area is 130 Å². The van der Waals surface area contributed by atoms with E-state index >= 15 is 0 Å². The summed E-state index contributed by atoms with van der Waals surface area (Å²) in [6.45, 7) is 13.6. The van der Waals surface area contributed by atoms with Crippen LogP contribution in [-0.4, -0.2) is 21.9 Å². The molecule has 0 aliphatic heterocycles. The Morgan fingerprint density at radius 3 is 2.76 bits per heavy atom. The molecular formula is C18H33N3. The normalized spacial score (nSPS) is 27.0. The van der Waals surface area contributed by atoms with Gasteiger partial charge in [0.25, 0.3) is 0 Å². The van der Waals surface area contributed by atoms with Crippen molar-refractivity contribution < 1.29 is 0 Å². The Morgan fingerprint density at radius 2 is 2.10 bits per heavy atom. The predicted molar refractivity (Wildman–Crippen MR) is 89.5 cm³/mol. The third-order valence-corrected chi connectivity index (χ3v) is 4.71. The molecule has 120 valence electrons. The molecule has 1 aromatic heterocycles. The topological polar surface area (TPSA) is 29.9 Å². The average molecular weight is 291 g/mol. The minimum Gasteiger partial charge on any atom is -0.312 e. The van der Waals surface area contributed by atoms with Crippen LogP contribution in [0.5, 0.6) is 0 Å². The molecule has 0 spiro atoms. The number of nitrogens with zero attached hydrogens (tertiary/aromatic N) is 2. The molecule has 1 heterocycles. The highest BCUT2D eigenvalue weighted by Crippen LogP contribution is 2.40. The van der Waals surface area contributed by atoms with Gasteiger partial charge in [-0.25, -0.2) is 0 Å². The highest BCUT2D eigenvalue weighted by Gasteiger charge is 2.32. The molecular weight excluding hydrogens is 258 g/mol. The van der Waals surface area contributed by atoms with Crippen molar-refractivity contribution in [2.24, 2.45) is 11.8 Å². The summed E-state index contributed by atoms with van der Waals surface area (Å²) < 4.78 is 2.24. The van der Waals surface area contributed by atoms with E-state index in [1.807, 2.05) is 6.20 Å². The number of hydrogen-bond donors (Lipinski definition) is 1. The zero-order chi connectivity index (χ0) is 15.5. The second-order valence-electron chi connectivity index (χ2n) is 7.89. The SMILES string of the molecule is CCCn1nccc1C1CC(C)CCC1CNC(C)(C)C. The van der Waals surface area contributed by atoms with Gasteiger partial charge < -0.3 is 5.32 Å². The van der Waals surface area contributed by atoms with Crippen LogP contribution < -0.4 is 5.32 Å². The molecule has 3 heteroatoms. The van der Waals surface area contributed by atoms with Crippen LogP contribution in [0.3, 0.4) is 0 Å². The highest BCUT2D eigenvalue weighted by molar-refractivity contribution is 5.11. The van der Waals surface area contributed by atoms with E-state index in [1.165, 1.54) is 25.0 Å². The summed E-state index contributed by atoms with van der Waals surface area (Å²) >= 11 is 0. The maximum atomic E-state index is 4.55. The van der Waals surface area contributed by atoms with Gasteiger partial charge in [-0.1, -0.05) is 20.3 Å². The number of hydrogen-bond acceptors (Lipinski definition) is 2. The van der Waals surface area contributed by atoms with Crippen molar-refractivity contribution in [3.8, 4) is 0 Å². The molecule has 3 unspecified atom stereocenters. The molecule has 0 bridgehead atoms. The zero-order valence-electron chi connectivity index (χ0n) is 14.5. The molecule has 1 aliphatic rings. The van der Waals surface area contributed by atoms with Gasteiger partial charge in [0.05, 0.1) is 0 Å². The molecule has 2 rings (SSSR count). The van der Waals surface area contributed by atoms with Crippen molar-refractivity contribution in [2.45, 2.75) is 78.3 Å². The molecule has 0 amide bonds. The van der Waals surface area contributed by atoms with Crippen LogP contribution in [0.15, 0.2) is 12.3 Å². The Hall–Kier alpha value is -0.830. The standard InChI is InChI=1S/C18H33N3/c1-6-11-21-17(9-10-20-21)16-12-14(2)7-8-15(16)13-19-18(3,4)5/h9-10,14-16,19H,6-8,11-13H2,1-5H3. The first-order valence-corrected chi connectivity index (χ1v) is 8.67. The summed E-state index contributed by atoms with van der Waals surface area (Å²) in [6, 6.07) is 2.25. The smallest absolute Gasteiger partial charge is 0.0492 e. The van der Waals surface area contributed by atoms with Gasteiger partial charge >= 0.3 is 0 Å². The number of rotatable bonds is 5. The lowest BCUT2D eigenvalue weighted by Gasteiger charge is -2.37. The van der Waals surface area contributed by atoms with Gasteiger partial charge in [-0.3, -0.25) is 4.68 Å². The van der Waals surface area contributed by atoms with Gasteiger partial charge in [0.1, 0.15) is 0 Å². The van der Waals surface area contributed by atoms with Crippen molar-refractivity contribution in [3.05, 3.63) is 18.0 Å². The molecule has 1 aromatic rings. The monoisotopic (exact) mass is 291 g/mol. The van der Waals surface area contributed by atoms with Crippen molar-refractivity contribution in [1.82, 2.24) is 15.1 Å². The molecule has 1 saturated carbocycles. The van der Waals surface area contributed by atoms with Crippen molar-refractivity contribution in [2.75, 3.05) is 6.54 Å². The summed E-state index contributed by atoms with van der Waals surface area (Å²) in [5.74, 6) is 2.25. The predicted octanol–water partition coefficient (Wildman–Crippen LogP) is 4.20. The third-order valence-electron chi connectivity index (χ3n) is 4.71. The first-order valence-electron chi connectivity index (χ1n) is 8.67. The van der Waals surface area contributed by atoms with E-state index in [1.54, 1.807) is 0 Å². The van der Waals surface area contributed by atoms with E-state index in [4.69, 9.17) is 0 Å². The van der Waals surface area contributed by atoms with Crippen LogP contribution in [0.4, 0.5) is 0 Å². The molecule has 0 saturated heterocycles. The van der Waals surface area contributed by atoms with Gasteiger partial charge in [0, 0.05) is 29.9 Å². The quantitative estimate of drug-likeness (QED) is 0.881. The minimum atomic E-state index is 0.206. The van der Waals surface area contributed by atoms with Crippen LogP contribution in [0.25, 0.3) is 0 Å². The van der Waals surface area contributed by atoms with Crippen molar-refractivity contribution >= 4 is 0 Å². The van der Waals surface area contributed by atoms with Crippen molar-refractivity contribution in [1.29, 1.82) is 0 Å². The second-order valence-corrected chi connectivity index (χ2v) is 7.89. The Kier molecular flexibility index (Phi) is 5.48. The van der Waals surface area contributed by atoms with E-state index in [9.17, 15) is 0 Å². The van der Waals surface area contributed by atoms with E-state index in [-0.39, 0.29) is 5.54 Å². The van der Waals surface area contributed by atoms with Gasteiger partial charge in [-0.2, -0.15) is 5.10 Å². The second kappa shape index (κ2) is 6.95. The lowest BCUT2D eigenvalue weighted by molar-refractivity contribution is 0.219. The Balaban J connectivity index is 2.12. The van der Waals surface area contributed by atoms with Crippen LogP contribution in [-0.2, 0) is 6.54 Å². The lowest BCUT2D eigenvalue weighted by atomic mass is 9.73. The summed E-state index contributed by atoms with van der Waals surface area (Å²) in [7, 11) is 0. The highest BCUT2D eigenvalue weighted by atomic mass is 15.3. The van der Waals surface area contributed by atoms with E-state index in [2.05, 4.69) is 55.8 Å². The first-order chi connectivity index (χ1) is 9.90. The number of nitrogens with one attached hydrogen (secondary N) is 1. The molecule has 1 fully saturated rings. The molecule has 0 radical (unpaired) electrons. The molecule has 1 N–H and O–H groups in total. The fourth-order valence-electron chi connectivity index (χ4n) is 3.54.